The molecule has 0 fully saturated rings. The number of esters is 1. The van der Waals surface area contributed by atoms with E-state index >= 15 is 0 Å². The van der Waals surface area contributed by atoms with Crippen molar-refractivity contribution in [2.45, 2.75) is 12.3 Å². The summed E-state index contributed by atoms with van der Waals surface area (Å²) in [4.78, 5) is 11.8. The maximum atomic E-state index is 11.8. The Balaban J connectivity index is 1.80. The number of fused-ring (bicyclic) bond motifs is 2. The molecule has 0 saturated heterocycles. The molecule has 4 rings (SSSR count). The average molecular weight is 284 g/mol. The molecule has 0 aromatic heterocycles. The largest absolute Gasteiger partial charge is 0.508 e. The SMILES string of the molecule is O=C1C[C@H](c2ccc3c(c2)OCO3)c2ccc(O)cc2O1. The van der Waals surface area contributed by atoms with E-state index < -0.39 is 0 Å². The summed E-state index contributed by atoms with van der Waals surface area (Å²) < 4.78 is 15.9. The second-order valence-electron chi connectivity index (χ2n) is 5.07. The topological polar surface area (TPSA) is 65.0 Å². The van der Waals surface area contributed by atoms with Gasteiger partial charge in [0.25, 0.3) is 0 Å². The maximum absolute atomic E-state index is 11.8. The van der Waals surface area contributed by atoms with Gasteiger partial charge in [0.1, 0.15) is 11.5 Å². The Kier molecular flexibility index (Phi) is 2.54. The van der Waals surface area contributed by atoms with Crippen molar-refractivity contribution in [2.75, 3.05) is 6.79 Å². The molecule has 0 amide bonds. The third kappa shape index (κ3) is 1.98. The second-order valence-corrected chi connectivity index (χ2v) is 5.07. The third-order valence-corrected chi connectivity index (χ3v) is 3.77. The van der Waals surface area contributed by atoms with Gasteiger partial charge in [-0.25, -0.2) is 0 Å². The summed E-state index contributed by atoms with van der Waals surface area (Å²) in [7, 11) is 0. The van der Waals surface area contributed by atoms with Crippen molar-refractivity contribution in [2.24, 2.45) is 0 Å². The van der Waals surface area contributed by atoms with Crippen molar-refractivity contribution in [3.63, 3.8) is 0 Å². The van der Waals surface area contributed by atoms with Gasteiger partial charge in [0.05, 0.1) is 6.42 Å². The van der Waals surface area contributed by atoms with Crippen LogP contribution in [0.2, 0.25) is 0 Å². The van der Waals surface area contributed by atoms with E-state index in [4.69, 9.17) is 14.2 Å². The standard InChI is InChI=1S/C16H12O5/c17-10-2-3-11-12(7-16(18)21-14(11)6-10)9-1-4-13-15(5-9)20-8-19-13/h1-6,12,17H,7-8H2/t12-/m1/s1. The molecule has 2 aromatic rings. The molecule has 2 aromatic carbocycles. The van der Waals surface area contributed by atoms with Crippen LogP contribution in [-0.4, -0.2) is 17.9 Å². The minimum Gasteiger partial charge on any atom is -0.508 e. The minimum absolute atomic E-state index is 0.0767. The van der Waals surface area contributed by atoms with Crippen molar-refractivity contribution in [3.8, 4) is 23.0 Å². The normalized spacial score (nSPS) is 19.0. The first-order valence-electron chi connectivity index (χ1n) is 6.64. The summed E-state index contributed by atoms with van der Waals surface area (Å²) in [6.45, 7) is 0.218. The third-order valence-electron chi connectivity index (χ3n) is 3.77. The van der Waals surface area contributed by atoms with Crippen LogP contribution in [0.3, 0.4) is 0 Å². The molecule has 0 bridgehead atoms. The quantitative estimate of drug-likeness (QED) is 0.644. The highest BCUT2D eigenvalue weighted by atomic mass is 16.7. The molecule has 0 spiro atoms. The van der Waals surface area contributed by atoms with E-state index in [2.05, 4.69) is 0 Å². The molecule has 0 saturated carbocycles. The highest BCUT2D eigenvalue weighted by Gasteiger charge is 2.29. The first kappa shape index (κ1) is 12.1. The number of carbonyl (C=O) groups is 1. The van der Waals surface area contributed by atoms with Crippen LogP contribution in [0.15, 0.2) is 36.4 Å². The lowest BCUT2D eigenvalue weighted by molar-refractivity contribution is -0.135. The summed E-state index contributed by atoms with van der Waals surface area (Å²) in [5.41, 5.74) is 1.84. The molecule has 0 unspecified atom stereocenters. The van der Waals surface area contributed by atoms with E-state index in [9.17, 15) is 9.90 Å². The average Bonchev–Trinajstić information content (AvgIpc) is 2.93. The van der Waals surface area contributed by atoms with Gasteiger partial charge in [-0.2, -0.15) is 0 Å². The monoisotopic (exact) mass is 284 g/mol. The van der Waals surface area contributed by atoms with Crippen molar-refractivity contribution in [1.82, 2.24) is 0 Å². The Morgan fingerprint density at radius 2 is 1.86 bits per heavy atom. The molecule has 5 nitrogen and oxygen atoms in total. The van der Waals surface area contributed by atoms with Crippen molar-refractivity contribution >= 4 is 5.97 Å². The lowest BCUT2D eigenvalue weighted by Crippen LogP contribution is -2.20. The Morgan fingerprint density at radius 1 is 1.00 bits per heavy atom. The second kappa shape index (κ2) is 4.41. The van der Waals surface area contributed by atoms with Gasteiger partial charge in [-0.05, 0) is 23.8 Å². The summed E-state index contributed by atoms with van der Waals surface area (Å²) in [6.07, 6.45) is 0.261. The van der Waals surface area contributed by atoms with E-state index in [0.717, 1.165) is 11.1 Å². The number of benzene rings is 2. The van der Waals surface area contributed by atoms with Crippen LogP contribution in [0, 0.1) is 0 Å². The van der Waals surface area contributed by atoms with Gasteiger partial charge in [0.2, 0.25) is 6.79 Å². The van der Waals surface area contributed by atoms with Crippen molar-refractivity contribution < 1.29 is 24.1 Å². The minimum atomic E-state index is -0.309. The molecule has 0 radical (unpaired) electrons. The van der Waals surface area contributed by atoms with Gasteiger partial charge in [0, 0.05) is 17.5 Å². The predicted octanol–water partition coefficient (Wildman–Crippen LogP) is 2.56. The molecular weight excluding hydrogens is 272 g/mol. The summed E-state index contributed by atoms with van der Waals surface area (Å²) in [6, 6.07) is 10.5. The lowest BCUT2D eigenvalue weighted by Gasteiger charge is -2.25. The zero-order valence-corrected chi connectivity index (χ0v) is 11.0. The van der Waals surface area contributed by atoms with Gasteiger partial charge in [-0.15, -0.1) is 0 Å². The molecule has 1 atom stereocenters. The Bertz CT molecular complexity index is 737. The van der Waals surface area contributed by atoms with Gasteiger partial charge < -0.3 is 19.3 Å². The highest BCUT2D eigenvalue weighted by molar-refractivity contribution is 5.78. The predicted molar refractivity (Wildman–Crippen MR) is 72.8 cm³/mol. The van der Waals surface area contributed by atoms with Gasteiger partial charge in [-0.1, -0.05) is 12.1 Å². The van der Waals surface area contributed by atoms with E-state index in [1.165, 1.54) is 6.07 Å². The van der Waals surface area contributed by atoms with Crippen LogP contribution < -0.4 is 14.2 Å². The van der Waals surface area contributed by atoms with Crippen molar-refractivity contribution in [1.29, 1.82) is 0 Å². The smallest absolute Gasteiger partial charge is 0.312 e. The molecule has 21 heavy (non-hydrogen) atoms. The first-order valence-corrected chi connectivity index (χ1v) is 6.64. The fraction of sp³-hybridized carbons (Fsp3) is 0.188. The lowest BCUT2D eigenvalue weighted by atomic mass is 9.86. The maximum Gasteiger partial charge on any atom is 0.312 e. The molecule has 106 valence electrons. The number of carbonyl (C=O) groups excluding carboxylic acids is 1. The van der Waals surface area contributed by atoms with E-state index in [-0.39, 0.29) is 30.9 Å². The van der Waals surface area contributed by atoms with E-state index in [1.54, 1.807) is 12.1 Å². The first-order chi connectivity index (χ1) is 10.2. The number of ether oxygens (including phenoxy) is 3. The Hall–Kier alpha value is -2.69. The number of rotatable bonds is 1. The number of phenols is 1. The molecule has 1 N–H and O–H groups in total. The van der Waals surface area contributed by atoms with Crippen LogP contribution in [0.25, 0.3) is 0 Å². The van der Waals surface area contributed by atoms with Crippen LogP contribution in [-0.2, 0) is 4.79 Å². The molecule has 5 heteroatoms. The summed E-state index contributed by atoms with van der Waals surface area (Å²) in [5, 5.41) is 9.53. The zero-order valence-electron chi connectivity index (χ0n) is 11.0. The van der Waals surface area contributed by atoms with Crippen LogP contribution in [0.4, 0.5) is 0 Å². The van der Waals surface area contributed by atoms with Gasteiger partial charge >= 0.3 is 5.97 Å². The van der Waals surface area contributed by atoms with Gasteiger partial charge in [0.15, 0.2) is 11.5 Å². The summed E-state index contributed by atoms with van der Waals surface area (Å²) >= 11 is 0. The van der Waals surface area contributed by atoms with Crippen LogP contribution >= 0.6 is 0 Å². The fourth-order valence-electron chi connectivity index (χ4n) is 2.77. The van der Waals surface area contributed by atoms with Crippen molar-refractivity contribution in [3.05, 3.63) is 47.5 Å². The number of hydrogen-bond donors (Lipinski definition) is 1. The fourth-order valence-corrected chi connectivity index (χ4v) is 2.77. The Morgan fingerprint density at radius 3 is 2.76 bits per heavy atom. The van der Waals surface area contributed by atoms with Gasteiger partial charge in [-0.3, -0.25) is 4.79 Å². The molecule has 2 aliphatic heterocycles. The molecule has 0 aliphatic carbocycles. The summed E-state index contributed by atoms with van der Waals surface area (Å²) in [5.74, 6) is 1.46. The molecule has 2 aliphatic rings. The molecular formula is C16H12O5. The number of hydrogen-bond acceptors (Lipinski definition) is 5. The number of aromatic hydroxyl groups is 1. The van der Waals surface area contributed by atoms with Crippen LogP contribution in [0.5, 0.6) is 23.0 Å². The van der Waals surface area contributed by atoms with Crippen LogP contribution in [0.1, 0.15) is 23.5 Å². The number of phenolic OH excluding ortho intramolecular Hbond substituents is 1. The highest BCUT2D eigenvalue weighted by Crippen LogP contribution is 2.43. The van der Waals surface area contributed by atoms with E-state index in [1.807, 2.05) is 18.2 Å². The molecule has 2 heterocycles. The Labute approximate surface area is 120 Å². The zero-order chi connectivity index (χ0) is 14.4. The van der Waals surface area contributed by atoms with E-state index in [0.29, 0.717) is 17.2 Å².